The fourth-order valence-electron chi connectivity index (χ4n) is 2.08. The van der Waals surface area contributed by atoms with Crippen LogP contribution < -0.4 is 0 Å². The minimum atomic E-state index is 0.447. The summed E-state index contributed by atoms with van der Waals surface area (Å²) in [5.74, 6) is 1.27. The zero-order valence-corrected chi connectivity index (χ0v) is 9.70. The fraction of sp³-hybridized carbons (Fsp3) is 0.556. The van der Waals surface area contributed by atoms with Crippen LogP contribution in [0.3, 0.4) is 0 Å². The number of hydroxylamine groups is 2. The molecule has 0 atom stereocenters. The predicted octanol–water partition coefficient (Wildman–Crippen LogP) is -0.108. The molecule has 2 aromatic rings. The summed E-state index contributed by atoms with van der Waals surface area (Å²) in [7, 11) is 0. The molecule has 0 aliphatic carbocycles. The highest BCUT2D eigenvalue weighted by Crippen LogP contribution is 2.23. The van der Waals surface area contributed by atoms with Crippen LogP contribution in [0.25, 0.3) is 5.95 Å². The third-order valence-corrected chi connectivity index (χ3v) is 2.81. The summed E-state index contributed by atoms with van der Waals surface area (Å²) in [6, 6.07) is 0. The van der Waals surface area contributed by atoms with E-state index in [1.807, 2.05) is 11.5 Å². The molecule has 1 aliphatic heterocycles. The molecule has 0 aromatic carbocycles. The van der Waals surface area contributed by atoms with Gasteiger partial charge in [-0.15, -0.1) is 10.2 Å². The molecule has 90 valence electrons. The van der Waals surface area contributed by atoms with Gasteiger partial charge in [0, 0.05) is 6.54 Å². The second-order valence-electron chi connectivity index (χ2n) is 4.00. The van der Waals surface area contributed by atoms with Crippen molar-refractivity contribution in [3.05, 3.63) is 17.2 Å². The maximum absolute atomic E-state index is 9.45. The van der Waals surface area contributed by atoms with Gasteiger partial charge in [0.25, 0.3) is 5.95 Å². The van der Waals surface area contributed by atoms with E-state index >= 15 is 0 Å². The molecular formula is C9H13N7O. The van der Waals surface area contributed by atoms with Crippen molar-refractivity contribution in [1.29, 1.82) is 0 Å². The Hall–Kier alpha value is -1.80. The lowest BCUT2D eigenvalue weighted by Crippen LogP contribution is -2.16. The lowest BCUT2D eigenvalue weighted by atomic mass is 10.4. The Bertz CT molecular complexity index is 558. The van der Waals surface area contributed by atoms with Crippen LogP contribution in [0.5, 0.6) is 0 Å². The molecular weight excluding hydrogens is 222 g/mol. The van der Waals surface area contributed by atoms with Gasteiger partial charge in [-0.2, -0.15) is 5.06 Å². The average Bonchev–Trinajstić information content (AvgIpc) is 2.91. The minimum Gasteiger partial charge on any atom is -0.313 e. The van der Waals surface area contributed by atoms with Crippen LogP contribution in [-0.2, 0) is 19.6 Å². The van der Waals surface area contributed by atoms with E-state index in [1.54, 1.807) is 6.92 Å². The molecule has 3 heterocycles. The predicted molar refractivity (Wildman–Crippen MR) is 56.4 cm³/mol. The van der Waals surface area contributed by atoms with Crippen LogP contribution in [0.15, 0.2) is 0 Å². The summed E-state index contributed by atoms with van der Waals surface area (Å²) < 4.78 is 1.99. The molecule has 0 fully saturated rings. The van der Waals surface area contributed by atoms with E-state index in [2.05, 4.69) is 20.4 Å². The zero-order chi connectivity index (χ0) is 12.0. The van der Waals surface area contributed by atoms with E-state index < -0.39 is 0 Å². The van der Waals surface area contributed by atoms with Crippen LogP contribution in [0, 0.1) is 6.92 Å². The Morgan fingerprint density at radius 1 is 1.35 bits per heavy atom. The summed E-state index contributed by atoms with van der Waals surface area (Å²) in [5.41, 5.74) is 1.89. The van der Waals surface area contributed by atoms with Gasteiger partial charge in [0.1, 0.15) is 0 Å². The van der Waals surface area contributed by atoms with Gasteiger partial charge in [0.15, 0.2) is 5.82 Å². The first-order valence-electron chi connectivity index (χ1n) is 5.48. The van der Waals surface area contributed by atoms with Crippen LogP contribution in [0.4, 0.5) is 0 Å². The number of tetrazole rings is 1. The van der Waals surface area contributed by atoms with Crippen LogP contribution >= 0.6 is 0 Å². The number of aromatic nitrogens is 6. The first-order chi connectivity index (χ1) is 8.19. The van der Waals surface area contributed by atoms with Gasteiger partial charge < -0.3 is 9.77 Å². The Morgan fingerprint density at radius 2 is 2.18 bits per heavy atom. The van der Waals surface area contributed by atoms with Gasteiger partial charge >= 0.3 is 0 Å². The molecule has 8 nitrogen and oxygen atoms in total. The highest BCUT2D eigenvalue weighted by atomic mass is 16.5. The van der Waals surface area contributed by atoms with E-state index in [9.17, 15) is 5.21 Å². The molecule has 0 saturated carbocycles. The van der Waals surface area contributed by atoms with Gasteiger partial charge in [-0.1, -0.05) is 4.80 Å². The number of nitrogens with zero attached hydrogens (tertiary/aromatic N) is 7. The Kier molecular flexibility index (Phi) is 2.20. The largest absolute Gasteiger partial charge is 0.313 e. The van der Waals surface area contributed by atoms with E-state index in [4.69, 9.17) is 0 Å². The third kappa shape index (κ3) is 1.53. The number of rotatable bonds is 2. The van der Waals surface area contributed by atoms with Gasteiger partial charge in [-0.05, 0) is 19.1 Å². The van der Waals surface area contributed by atoms with Crippen molar-refractivity contribution in [2.24, 2.45) is 0 Å². The molecule has 0 unspecified atom stereocenters. The van der Waals surface area contributed by atoms with E-state index in [0.29, 0.717) is 24.9 Å². The van der Waals surface area contributed by atoms with Gasteiger partial charge in [0.2, 0.25) is 0 Å². The fourth-order valence-corrected chi connectivity index (χ4v) is 2.08. The second kappa shape index (κ2) is 3.60. The molecule has 0 amide bonds. The summed E-state index contributed by atoms with van der Waals surface area (Å²) in [6.45, 7) is 5.50. The zero-order valence-electron chi connectivity index (χ0n) is 9.70. The number of imidazole rings is 1. The van der Waals surface area contributed by atoms with Crippen molar-refractivity contribution < 1.29 is 5.21 Å². The first kappa shape index (κ1) is 10.4. The van der Waals surface area contributed by atoms with Crippen molar-refractivity contribution in [2.75, 3.05) is 0 Å². The summed E-state index contributed by atoms with van der Waals surface area (Å²) in [6.07, 6.45) is 0. The lowest BCUT2D eigenvalue weighted by molar-refractivity contribution is -0.0985. The van der Waals surface area contributed by atoms with Crippen LogP contribution in [0.1, 0.15) is 24.1 Å². The number of hydrogen-bond acceptors (Lipinski definition) is 6. The van der Waals surface area contributed by atoms with Crippen molar-refractivity contribution in [3.63, 3.8) is 0 Å². The van der Waals surface area contributed by atoms with Gasteiger partial charge in [-0.25, -0.2) is 4.98 Å². The SMILES string of the molecule is CCn1c(-n2nnc(C)n2)nc2c1CN(O)C2. The molecule has 2 aromatic heterocycles. The third-order valence-electron chi connectivity index (χ3n) is 2.81. The molecule has 0 saturated heterocycles. The number of aryl methyl sites for hydroxylation is 1. The summed E-state index contributed by atoms with van der Waals surface area (Å²) >= 11 is 0. The molecule has 17 heavy (non-hydrogen) atoms. The number of fused-ring (bicyclic) bond motifs is 1. The van der Waals surface area contributed by atoms with Gasteiger partial charge in [0.05, 0.1) is 24.5 Å². The highest BCUT2D eigenvalue weighted by molar-refractivity contribution is 5.26. The van der Waals surface area contributed by atoms with Crippen molar-refractivity contribution in [1.82, 2.24) is 34.8 Å². The maximum Gasteiger partial charge on any atom is 0.251 e. The molecule has 3 rings (SSSR count). The molecule has 1 aliphatic rings. The first-order valence-corrected chi connectivity index (χ1v) is 5.48. The van der Waals surface area contributed by atoms with Crippen LogP contribution in [-0.4, -0.2) is 40.0 Å². The molecule has 0 radical (unpaired) electrons. The minimum absolute atomic E-state index is 0.447. The summed E-state index contributed by atoms with van der Waals surface area (Å²) in [4.78, 5) is 5.88. The number of hydrogen-bond donors (Lipinski definition) is 1. The smallest absolute Gasteiger partial charge is 0.251 e. The highest BCUT2D eigenvalue weighted by Gasteiger charge is 2.26. The molecule has 0 spiro atoms. The van der Waals surface area contributed by atoms with E-state index in [-0.39, 0.29) is 0 Å². The Labute approximate surface area is 97.4 Å². The topological polar surface area (TPSA) is 84.9 Å². The van der Waals surface area contributed by atoms with Crippen molar-refractivity contribution in [2.45, 2.75) is 33.5 Å². The van der Waals surface area contributed by atoms with Gasteiger partial charge in [-0.3, -0.25) is 0 Å². The van der Waals surface area contributed by atoms with Crippen molar-refractivity contribution >= 4 is 0 Å². The van der Waals surface area contributed by atoms with E-state index in [1.165, 1.54) is 9.86 Å². The van der Waals surface area contributed by atoms with E-state index in [0.717, 1.165) is 17.9 Å². The maximum atomic E-state index is 9.45. The normalized spacial score (nSPS) is 15.5. The summed E-state index contributed by atoms with van der Waals surface area (Å²) in [5, 5.41) is 22.6. The Morgan fingerprint density at radius 3 is 2.82 bits per heavy atom. The van der Waals surface area contributed by atoms with Crippen molar-refractivity contribution in [3.8, 4) is 5.95 Å². The lowest BCUT2D eigenvalue weighted by Gasteiger charge is -2.08. The molecule has 0 bridgehead atoms. The average molecular weight is 235 g/mol. The molecule has 8 heteroatoms. The quantitative estimate of drug-likeness (QED) is 0.782. The standard InChI is InChI=1S/C9H13N7O/c1-3-15-8-5-14(17)4-7(8)10-9(15)16-12-6(2)11-13-16/h17H,3-5H2,1-2H3. The Balaban J connectivity index is 2.10. The monoisotopic (exact) mass is 235 g/mol. The molecule has 1 N–H and O–H groups in total. The van der Waals surface area contributed by atoms with Crippen LogP contribution in [0.2, 0.25) is 0 Å². The second-order valence-corrected chi connectivity index (χ2v) is 4.00.